The Hall–Kier alpha value is -1.73. The Morgan fingerprint density at radius 3 is 2.74 bits per heavy atom. The van der Waals surface area contributed by atoms with Crippen molar-refractivity contribution < 1.29 is 12.9 Å². The summed E-state index contributed by atoms with van der Waals surface area (Å²) in [5.41, 5.74) is 1.97. The number of nitrogens with zero attached hydrogens (tertiary/aromatic N) is 2. The van der Waals surface area contributed by atoms with Gasteiger partial charge in [0.25, 0.3) is 0 Å². The molecule has 0 atom stereocenters. The van der Waals surface area contributed by atoms with E-state index in [1.165, 1.54) is 0 Å². The molecule has 1 aromatic carbocycles. The van der Waals surface area contributed by atoms with Crippen LogP contribution >= 0.6 is 0 Å². The molecule has 6 nitrogen and oxygen atoms in total. The van der Waals surface area contributed by atoms with Crippen molar-refractivity contribution in [1.29, 1.82) is 0 Å². The van der Waals surface area contributed by atoms with Crippen LogP contribution in [0.5, 0.6) is 0 Å². The lowest BCUT2D eigenvalue weighted by atomic mass is 10.1. The van der Waals surface area contributed by atoms with Gasteiger partial charge in [0.1, 0.15) is 0 Å². The fraction of sp³-hybridized carbons (Fsp3) is 0.333. The van der Waals surface area contributed by atoms with E-state index in [1.807, 2.05) is 31.2 Å². The molecule has 2 aromatic rings. The molecule has 0 fully saturated rings. The fourth-order valence-electron chi connectivity index (χ4n) is 1.63. The number of aryl methyl sites for hydroxylation is 1. The molecule has 7 heteroatoms. The van der Waals surface area contributed by atoms with Crippen LogP contribution in [0.2, 0.25) is 0 Å². The first kappa shape index (κ1) is 13.7. The normalized spacial score (nSPS) is 11.7. The molecule has 102 valence electrons. The van der Waals surface area contributed by atoms with Crippen molar-refractivity contribution in [2.45, 2.75) is 13.3 Å². The Labute approximate surface area is 111 Å². The summed E-state index contributed by atoms with van der Waals surface area (Å²) in [6.45, 7) is 2.21. The van der Waals surface area contributed by atoms with Gasteiger partial charge >= 0.3 is 0 Å². The zero-order valence-electron chi connectivity index (χ0n) is 10.8. The van der Waals surface area contributed by atoms with Gasteiger partial charge in [-0.2, -0.15) is 4.98 Å². The van der Waals surface area contributed by atoms with Crippen LogP contribution in [0.3, 0.4) is 0 Å². The summed E-state index contributed by atoms with van der Waals surface area (Å²) in [5, 5.41) is 3.90. The number of hydrogen-bond donors (Lipinski definition) is 1. The lowest BCUT2D eigenvalue weighted by Gasteiger charge is -1.98. The maximum absolute atomic E-state index is 10.9. The van der Waals surface area contributed by atoms with E-state index in [2.05, 4.69) is 14.9 Å². The van der Waals surface area contributed by atoms with Gasteiger partial charge in [-0.25, -0.2) is 13.1 Å². The summed E-state index contributed by atoms with van der Waals surface area (Å²) >= 11 is 0. The Bertz CT molecular complexity index is 664. The summed E-state index contributed by atoms with van der Waals surface area (Å²) in [6.07, 6.45) is 1.48. The highest BCUT2D eigenvalue weighted by atomic mass is 32.2. The van der Waals surface area contributed by atoms with Crippen LogP contribution in [0.1, 0.15) is 11.5 Å². The summed E-state index contributed by atoms with van der Waals surface area (Å²) in [5.74, 6) is 0.932. The quantitative estimate of drug-likeness (QED) is 0.888. The van der Waals surface area contributed by atoms with Crippen LogP contribution in [-0.4, -0.2) is 31.4 Å². The molecule has 0 bridgehead atoms. The van der Waals surface area contributed by atoms with Crippen molar-refractivity contribution in [3.63, 3.8) is 0 Å². The standard InChI is InChI=1S/C12H15N3O3S/c1-9-5-3-4-6-10(9)12-14-11(18-15-12)7-8-13-19(2,16)17/h3-6,13H,7-8H2,1-2H3. The van der Waals surface area contributed by atoms with Crippen molar-refractivity contribution >= 4 is 10.0 Å². The van der Waals surface area contributed by atoms with Crippen LogP contribution in [0.25, 0.3) is 11.4 Å². The Morgan fingerprint density at radius 1 is 1.32 bits per heavy atom. The second-order valence-electron chi connectivity index (χ2n) is 4.24. The number of hydrogen-bond acceptors (Lipinski definition) is 5. The zero-order valence-corrected chi connectivity index (χ0v) is 11.6. The third-order valence-corrected chi connectivity index (χ3v) is 3.29. The van der Waals surface area contributed by atoms with Gasteiger partial charge in [0.2, 0.25) is 21.7 Å². The minimum absolute atomic E-state index is 0.244. The summed E-state index contributed by atoms with van der Waals surface area (Å²) in [7, 11) is -3.19. The average Bonchev–Trinajstić information content (AvgIpc) is 2.76. The Kier molecular flexibility index (Phi) is 3.96. The molecular weight excluding hydrogens is 266 g/mol. The molecule has 0 saturated carbocycles. The molecule has 0 aliphatic rings. The molecule has 0 aliphatic heterocycles. The molecule has 0 aliphatic carbocycles. The summed E-state index contributed by atoms with van der Waals surface area (Å²) in [4.78, 5) is 4.25. The average molecular weight is 281 g/mol. The lowest BCUT2D eigenvalue weighted by Crippen LogP contribution is -2.24. The van der Waals surface area contributed by atoms with Gasteiger partial charge in [-0.05, 0) is 12.5 Å². The van der Waals surface area contributed by atoms with Crippen LogP contribution in [0.4, 0.5) is 0 Å². The van der Waals surface area contributed by atoms with E-state index in [1.54, 1.807) is 0 Å². The maximum atomic E-state index is 10.9. The molecule has 1 heterocycles. The first-order valence-electron chi connectivity index (χ1n) is 5.79. The van der Waals surface area contributed by atoms with E-state index < -0.39 is 10.0 Å². The van der Waals surface area contributed by atoms with E-state index in [0.717, 1.165) is 17.4 Å². The molecule has 1 aromatic heterocycles. The minimum atomic E-state index is -3.19. The van der Waals surface area contributed by atoms with E-state index in [-0.39, 0.29) is 6.54 Å². The lowest BCUT2D eigenvalue weighted by molar-refractivity contribution is 0.379. The number of nitrogens with one attached hydrogen (secondary N) is 1. The Morgan fingerprint density at radius 2 is 2.05 bits per heavy atom. The molecule has 0 radical (unpaired) electrons. The predicted octanol–water partition coefficient (Wildman–Crippen LogP) is 1.14. The zero-order chi connectivity index (χ0) is 13.9. The van der Waals surface area contributed by atoms with E-state index in [4.69, 9.17) is 4.52 Å². The second-order valence-corrected chi connectivity index (χ2v) is 6.08. The number of rotatable bonds is 5. The summed E-state index contributed by atoms with van der Waals surface area (Å²) in [6, 6.07) is 7.73. The van der Waals surface area contributed by atoms with Crippen molar-refractivity contribution in [2.75, 3.05) is 12.8 Å². The molecule has 0 saturated heterocycles. The number of sulfonamides is 1. The van der Waals surface area contributed by atoms with Gasteiger partial charge in [-0.3, -0.25) is 0 Å². The smallest absolute Gasteiger partial charge is 0.228 e. The SMILES string of the molecule is Cc1ccccc1-c1noc(CCNS(C)(=O)=O)n1. The molecule has 19 heavy (non-hydrogen) atoms. The number of benzene rings is 1. The molecule has 1 N–H and O–H groups in total. The molecule has 0 spiro atoms. The monoisotopic (exact) mass is 281 g/mol. The van der Waals surface area contributed by atoms with E-state index >= 15 is 0 Å². The van der Waals surface area contributed by atoms with Gasteiger partial charge in [-0.15, -0.1) is 0 Å². The largest absolute Gasteiger partial charge is 0.339 e. The van der Waals surface area contributed by atoms with Crippen molar-refractivity contribution in [1.82, 2.24) is 14.9 Å². The predicted molar refractivity (Wildman–Crippen MR) is 71.0 cm³/mol. The molecular formula is C12H15N3O3S. The fourth-order valence-corrected chi connectivity index (χ4v) is 2.11. The third kappa shape index (κ3) is 3.87. The Balaban J connectivity index is 2.06. The van der Waals surface area contributed by atoms with Crippen molar-refractivity contribution in [3.8, 4) is 11.4 Å². The van der Waals surface area contributed by atoms with Gasteiger partial charge < -0.3 is 4.52 Å². The molecule has 0 unspecified atom stereocenters. The van der Waals surface area contributed by atoms with Crippen molar-refractivity contribution in [3.05, 3.63) is 35.7 Å². The van der Waals surface area contributed by atoms with Gasteiger partial charge in [-0.1, -0.05) is 29.4 Å². The molecule has 0 amide bonds. The highest BCUT2D eigenvalue weighted by molar-refractivity contribution is 7.88. The topological polar surface area (TPSA) is 85.1 Å². The summed E-state index contributed by atoms with van der Waals surface area (Å²) < 4.78 is 29.3. The number of aromatic nitrogens is 2. The van der Waals surface area contributed by atoms with Crippen LogP contribution in [0, 0.1) is 6.92 Å². The van der Waals surface area contributed by atoms with E-state index in [0.29, 0.717) is 18.1 Å². The van der Waals surface area contributed by atoms with Crippen LogP contribution < -0.4 is 4.72 Å². The van der Waals surface area contributed by atoms with Crippen molar-refractivity contribution in [2.24, 2.45) is 0 Å². The first-order chi connectivity index (χ1) is 8.96. The molecule has 2 rings (SSSR count). The van der Waals surface area contributed by atoms with Gasteiger partial charge in [0.15, 0.2) is 0 Å². The highest BCUT2D eigenvalue weighted by Gasteiger charge is 2.10. The second kappa shape index (κ2) is 5.50. The van der Waals surface area contributed by atoms with Crippen LogP contribution in [0.15, 0.2) is 28.8 Å². The highest BCUT2D eigenvalue weighted by Crippen LogP contribution is 2.19. The first-order valence-corrected chi connectivity index (χ1v) is 7.68. The third-order valence-electron chi connectivity index (χ3n) is 2.56. The van der Waals surface area contributed by atoms with Crippen LogP contribution in [-0.2, 0) is 16.4 Å². The maximum Gasteiger partial charge on any atom is 0.228 e. The minimum Gasteiger partial charge on any atom is -0.339 e. The van der Waals surface area contributed by atoms with Gasteiger partial charge in [0.05, 0.1) is 6.26 Å². The van der Waals surface area contributed by atoms with Gasteiger partial charge in [0, 0.05) is 18.5 Å². The van der Waals surface area contributed by atoms with E-state index in [9.17, 15) is 8.42 Å².